The maximum Gasteiger partial charge on any atom is 0.306 e. The topological polar surface area (TPSA) is 60.4 Å². The highest BCUT2D eigenvalue weighted by Gasteiger charge is 2.67. The Kier molecular flexibility index (Phi) is 3.85. The maximum atomic E-state index is 13.6. The SMILES string of the molecule is [2H]C1=C2C([2H])([2H])C[C@@H]3[C@H](CC[C@@]4(C)[C@H]3CC[C@]4(OC(=O)CCCCC)C(=O)C([2H])([2H])[2H])[C@@]2(C)CC([2H])([2H])C1=O. The van der Waals surface area contributed by atoms with Crippen molar-refractivity contribution in [2.75, 3.05) is 0 Å². The average Bonchev–Trinajstić information content (AvgIpc) is 3.08. The van der Waals surface area contributed by atoms with E-state index in [2.05, 4.69) is 0 Å². The van der Waals surface area contributed by atoms with Crippen molar-refractivity contribution in [2.45, 2.75) is 110 Å². The molecular weight excluding hydrogens is 388 g/mol. The van der Waals surface area contributed by atoms with E-state index >= 15 is 0 Å². The van der Waals surface area contributed by atoms with Crippen LogP contribution in [0.15, 0.2) is 11.6 Å². The van der Waals surface area contributed by atoms with E-state index < -0.39 is 59.6 Å². The zero-order valence-corrected chi connectivity index (χ0v) is 18.9. The van der Waals surface area contributed by atoms with Gasteiger partial charge in [0.05, 0.1) is 1.37 Å². The molecule has 4 heteroatoms. The number of carbonyl (C=O) groups excluding carboxylic acids is 3. The molecule has 0 aromatic carbocycles. The van der Waals surface area contributed by atoms with Gasteiger partial charge in [0.15, 0.2) is 17.2 Å². The third-order valence-electron chi connectivity index (χ3n) is 8.95. The molecular formula is C27H40O4. The Balaban J connectivity index is 1.77. The lowest BCUT2D eigenvalue weighted by Gasteiger charge is -2.59. The highest BCUT2D eigenvalue weighted by atomic mass is 16.6. The van der Waals surface area contributed by atoms with Crippen LogP contribution in [-0.4, -0.2) is 23.1 Å². The van der Waals surface area contributed by atoms with Gasteiger partial charge in [0.1, 0.15) is 0 Å². The van der Waals surface area contributed by atoms with E-state index in [-0.39, 0.29) is 49.0 Å². The summed E-state index contributed by atoms with van der Waals surface area (Å²) in [5, 5.41) is 0. The van der Waals surface area contributed by atoms with E-state index in [0.717, 1.165) is 12.8 Å². The fourth-order valence-electron chi connectivity index (χ4n) is 7.15. The number of ether oxygens (including phenoxy) is 1. The molecule has 4 aliphatic carbocycles. The van der Waals surface area contributed by atoms with Crippen LogP contribution in [0.3, 0.4) is 0 Å². The monoisotopic (exact) mass is 436 g/mol. The minimum Gasteiger partial charge on any atom is -0.450 e. The lowest BCUT2D eigenvalue weighted by Crippen LogP contribution is -2.58. The van der Waals surface area contributed by atoms with Gasteiger partial charge < -0.3 is 4.74 Å². The number of fused-ring (bicyclic) bond motifs is 5. The molecule has 4 nitrogen and oxygen atoms in total. The quantitative estimate of drug-likeness (QED) is 0.380. The van der Waals surface area contributed by atoms with Crippen LogP contribution < -0.4 is 0 Å². The normalized spacial score (nSPS) is 49.4. The minimum atomic E-state index is -2.98. The average molecular weight is 437 g/mol. The van der Waals surface area contributed by atoms with E-state index in [1.165, 1.54) is 0 Å². The van der Waals surface area contributed by atoms with E-state index in [4.69, 9.17) is 15.7 Å². The Bertz CT molecular complexity index is 1100. The van der Waals surface area contributed by atoms with Crippen molar-refractivity contribution >= 4 is 17.5 Å². The largest absolute Gasteiger partial charge is 0.450 e. The molecule has 0 radical (unpaired) electrons. The summed E-state index contributed by atoms with van der Waals surface area (Å²) in [6, 6.07) is -0.579. The molecule has 0 aromatic heterocycles. The summed E-state index contributed by atoms with van der Waals surface area (Å²) in [6.07, 6.45) is -1.10. The highest BCUT2D eigenvalue weighted by molar-refractivity contribution is 5.91. The fraction of sp³-hybridized carbons (Fsp3) is 0.815. The van der Waals surface area contributed by atoms with Gasteiger partial charge in [-0.3, -0.25) is 14.4 Å². The molecule has 0 bridgehead atoms. The molecule has 31 heavy (non-hydrogen) atoms. The number of carbonyl (C=O) groups is 3. The van der Waals surface area contributed by atoms with Crippen molar-refractivity contribution in [3.8, 4) is 0 Å². The first-order valence-electron chi connectivity index (χ1n) is 15.8. The summed E-state index contributed by atoms with van der Waals surface area (Å²) in [6.45, 7) is 2.56. The van der Waals surface area contributed by atoms with Crippen LogP contribution in [0, 0.1) is 28.6 Å². The molecule has 0 unspecified atom stereocenters. The number of esters is 1. The van der Waals surface area contributed by atoms with Crippen LogP contribution in [0.2, 0.25) is 0 Å². The predicted molar refractivity (Wildman–Crippen MR) is 120 cm³/mol. The van der Waals surface area contributed by atoms with Gasteiger partial charge in [-0.2, -0.15) is 0 Å². The maximum absolute atomic E-state index is 13.6. The molecule has 0 saturated heterocycles. The third kappa shape index (κ3) is 3.43. The summed E-state index contributed by atoms with van der Waals surface area (Å²) >= 11 is 0. The molecule has 0 aliphatic heterocycles. The highest BCUT2D eigenvalue weighted by Crippen LogP contribution is 2.68. The van der Waals surface area contributed by atoms with Gasteiger partial charge in [-0.1, -0.05) is 39.2 Å². The summed E-state index contributed by atoms with van der Waals surface area (Å²) in [5.41, 5.74) is -3.91. The van der Waals surface area contributed by atoms with Crippen LogP contribution in [0.4, 0.5) is 0 Å². The van der Waals surface area contributed by atoms with Gasteiger partial charge in [0.2, 0.25) is 0 Å². The Labute approximate surface area is 198 Å². The van der Waals surface area contributed by atoms with Gasteiger partial charge in [0.25, 0.3) is 0 Å². The second-order valence-corrected chi connectivity index (χ2v) is 10.4. The van der Waals surface area contributed by atoms with Gasteiger partial charge in [-0.25, -0.2) is 0 Å². The zero-order valence-electron chi connectivity index (χ0n) is 26.9. The summed E-state index contributed by atoms with van der Waals surface area (Å²) in [5.74, 6) is -3.65. The van der Waals surface area contributed by atoms with Crippen LogP contribution >= 0.6 is 0 Å². The molecule has 3 saturated carbocycles. The first-order chi connectivity index (χ1) is 17.8. The van der Waals surface area contributed by atoms with E-state index in [9.17, 15) is 14.4 Å². The molecule has 0 heterocycles. The van der Waals surface area contributed by atoms with Crippen LogP contribution in [0.5, 0.6) is 0 Å². The number of Topliss-reactive ketones (excluding diaryl/α,β-unsaturated/α-hetero) is 1. The molecule has 0 aromatic rings. The van der Waals surface area contributed by atoms with Crippen LogP contribution in [0.25, 0.3) is 0 Å². The summed E-state index contributed by atoms with van der Waals surface area (Å²) in [4.78, 5) is 39.2. The van der Waals surface area contributed by atoms with Gasteiger partial charge in [-0.15, -0.1) is 0 Å². The number of rotatable bonds is 6. The number of unbranched alkanes of at least 4 members (excludes halogenated alkanes) is 2. The lowest BCUT2D eigenvalue weighted by molar-refractivity contribution is -0.189. The number of hydrogen-bond donors (Lipinski definition) is 0. The number of allylic oxidation sites excluding steroid dienone is 1. The van der Waals surface area contributed by atoms with Gasteiger partial charge in [0, 0.05) is 27.8 Å². The number of hydrogen-bond acceptors (Lipinski definition) is 4. The first kappa shape index (κ1) is 14.6. The zero-order chi connectivity index (χ0) is 29.4. The van der Waals surface area contributed by atoms with Crippen LogP contribution in [-0.2, 0) is 19.1 Å². The minimum absolute atomic E-state index is 0.0238. The molecule has 6 atom stereocenters. The molecule has 3 fully saturated rings. The van der Waals surface area contributed by atoms with Crippen molar-refractivity contribution in [1.82, 2.24) is 0 Å². The Hall–Kier alpha value is -1.45. The Morgan fingerprint density at radius 3 is 2.68 bits per heavy atom. The molecule has 4 aliphatic rings. The summed E-state index contributed by atoms with van der Waals surface area (Å²) < 4.78 is 72.8. The lowest BCUT2D eigenvalue weighted by atomic mass is 9.46. The molecule has 0 spiro atoms. The standard InChI is InChI=1S/C27H40O4/c1-5-6-7-8-24(30)31-27(18(2)28)16-13-23-21-10-9-19-17-20(29)11-14-25(19,3)22(21)12-15-26(23,27)4/h17,21-23H,5-16H2,1-4H3/t21-,22+,23+,25+,26+,27+/m1/s1/i2D3,9D2,11D2,17D. The second-order valence-electron chi connectivity index (χ2n) is 10.4. The predicted octanol–water partition coefficient (Wildman–Crippen LogP) is 5.97. The molecule has 172 valence electrons. The summed E-state index contributed by atoms with van der Waals surface area (Å²) in [7, 11) is 0. The van der Waals surface area contributed by atoms with E-state index in [1.807, 2.05) is 6.92 Å². The smallest absolute Gasteiger partial charge is 0.306 e. The fourth-order valence-corrected chi connectivity index (χ4v) is 7.15. The van der Waals surface area contributed by atoms with Crippen molar-refractivity contribution in [3.05, 3.63) is 11.6 Å². The van der Waals surface area contributed by atoms with Gasteiger partial charge >= 0.3 is 5.97 Å². The molecule has 0 N–H and O–H groups in total. The van der Waals surface area contributed by atoms with E-state index in [1.54, 1.807) is 13.8 Å². The van der Waals surface area contributed by atoms with Crippen molar-refractivity contribution < 1.29 is 30.1 Å². The molecule has 4 rings (SSSR count). The van der Waals surface area contributed by atoms with E-state index in [0.29, 0.717) is 25.7 Å². The first-order valence-corrected chi connectivity index (χ1v) is 11.8. The Morgan fingerprint density at radius 1 is 1.16 bits per heavy atom. The van der Waals surface area contributed by atoms with Crippen molar-refractivity contribution in [2.24, 2.45) is 28.6 Å². The van der Waals surface area contributed by atoms with Crippen molar-refractivity contribution in [3.63, 3.8) is 0 Å². The van der Waals surface area contributed by atoms with Gasteiger partial charge in [-0.05, 0) is 87.4 Å². The number of ketones is 2. The molecule has 0 amide bonds. The Morgan fingerprint density at radius 2 is 1.94 bits per heavy atom. The second kappa shape index (κ2) is 8.15. The van der Waals surface area contributed by atoms with Crippen molar-refractivity contribution in [1.29, 1.82) is 0 Å². The third-order valence-corrected chi connectivity index (χ3v) is 8.95. The van der Waals surface area contributed by atoms with Crippen LogP contribution in [0.1, 0.15) is 116 Å².